The first-order chi connectivity index (χ1) is 5.55. The van der Waals surface area contributed by atoms with Gasteiger partial charge in [-0.15, -0.1) is 0 Å². The zero-order valence-corrected chi connectivity index (χ0v) is 8.38. The van der Waals surface area contributed by atoms with Gasteiger partial charge in [-0.1, -0.05) is 13.8 Å². The van der Waals surface area contributed by atoms with Gasteiger partial charge in [-0.05, 0) is 0 Å². The Balaban J connectivity index is 3.94. The van der Waals surface area contributed by atoms with Crippen molar-refractivity contribution in [2.45, 2.75) is 13.8 Å². The summed E-state index contributed by atoms with van der Waals surface area (Å²) < 4.78 is 19.8. The largest absolute Gasteiger partial charge is 0.505 e. The molecular weight excluding hydrogens is 183 g/mol. The summed E-state index contributed by atoms with van der Waals surface area (Å²) in [5.74, 6) is 0. The van der Waals surface area contributed by atoms with Crippen LogP contribution in [0, 0.1) is 0 Å². The minimum atomic E-state index is -3.97. The molecule has 6 nitrogen and oxygen atoms in total. The van der Waals surface area contributed by atoms with Gasteiger partial charge in [0, 0.05) is 20.1 Å². The van der Waals surface area contributed by atoms with Gasteiger partial charge in [0.2, 0.25) is 0 Å². The van der Waals surface area contributed by atoms with Crippen LogP contribution >= 0.6 is 7.82 Å². The maximum Gasteiger partial charge on any atom is 0.505 e. The van der Waals surface area contributed by atoms with Crippen molar-refractivity contribution in [1.29, 1.82) is 0 Å². The summed E-state index contributed by atoms with van der Waals surface area (Å²) in [6.07, 6.45) is 0. The molecule has 0 saturated carbocycles. The van der Waals surface area contributed by atoms with E-state index in [0.29, 0.717) is 13.1 Å². The molecule has 0 fully saturated rings. The molecule has 0 heterocycles. The molecule has 0 aromatic rings. The number of hydroxylamine groups is 3. The van der Waals surface area contributed by atoms with E-state index >= 15 is 0 Å². The lowest BCUT2D eigenvalue weighted by molar-refractivity contribution is -0.0846. The third-order valence-corrected chi connectivity index (χ3v) is 1.98. The molecule has 2 N–H and O–H groups in total. The number of rotatable bonds is 6. The summed E-state index contributed by atoms with van der Waals surface area (Å²) in [5.41, 5.74) is 2.10. The fourth-order valence-electron chi connectivity index (χ4n) is 0.617. The molecule has 0 aliphatic carbocycles. The minimum Gasteiger partial charge on any atom is -0.300 e. The molecule has 0 bridgehead atoms. The van der Waals surface area contributed by atoms with E-state index in [2.05, 4.69) is 14.7 Å². The van der Waals surface area contributed by atoms with E-state index in [0.717, 1.165) is 0 Å². The Morgan fingerprint density at radius 3 is 2.33 bits per heavy atom. The third-order valence-electron chi connectivity index (χ3n) is 1.13. The SMILES string of the molecule is CCN(CC)OP(=O)(O)ONC. The lowest BCUT2D eigenvalue weighted by Gasteiger charge is -2.19. The molecule has 0 saturated heterocycles. The average Bonchev–Trinajstić information content (AvgIpc) is 2.00. The molecule has 0 amide bonds. The number of nitrogens with zero attached hydrogens (tertiary/aromatic N) is 1. The van der Waals surface area contributed by atoms with Crippen LogP contribution in [0.4, 0.5) is 0 Å². The Hall–Kier alpha value is 0.0300. The Kier molecular flexibility index (Phi) is 5.65. The van der Waals surface area contributed by atoms with Crippen molar-refractivity contribution in [2.24, 2.45) is 0 Å². The first-order valence-corrected chi connectivity index (χ1v) is 5.18. The number of hydrogen-bond acceptors (Lipinski definition) is 5. The molecule has 0 aliphatic rings. The van der Waals surface area contributed by atoms with Crippen LogP contribution in [-0.4, -0.2) is 30.1 Å². The summed E-state index contributed by atoms with van der Waals surface area (Å²) in [4.78, 5) is 8.95. The molecule has 1 unspecified atom stereocenters. The van der Waals surface area contributed by atoms with Crippen LogP contribution in [0.3, 0.4) is 0 Å². The highest BCUT2D eigenvalue weighted by Crippen LogP contribution is 2.42. The quantitative estimate of drug-likeness (QED) is 0.478. The predicted molar refractivity (Wildman–Crippen MR) is 44.0 cm³/mol. The Morgan fingerprint density at radius 2 is 2.00 bits per heavy atom. The second-order valence-corrected chi connectivity index (χ2v) is 3.24. The van der Waals surface area contributed by atoms with Crippen molar-refractivity contribution >= 4 is 7.82 Å². The van der Waals surface area contributed by atoms with E-state index in [4.69, 9.17) is 4.89 Å². The Labute approximate surface area is 72.0 Å². The van der Waals surface area contributed by atoms with E-state index in [1.807, 2.05) is 13.8 Å². The molecule has 0 aromatic heterocycles. The van der Waals surface area contributed by atoms with Crippen LogP contribution in [0.1, 0.15) is 13.8 Å². The normalized spacial score (nSPS) is 16.4. The zero-order valence-electron chi connectivity index (χ0n) is 7.48. The van der Waals surface area contributed by atoms with E-state index in [1.54, 1.807) is 0 Å². The summed E-state index contributed by atoms with van der Waals surface area (Å²) in [7, 11) is -2.58. The van der Waals surface area contributed by atoms with Gasteiger partial charge < -0.3 is 4.89 Å². The van der Waals surface area contributed by atoms with E-state index in [1.165, 1.54) is 12.1 Å². The van der Waals surface area contributed by atoms with Crippen LogP contribution in [-0.2, 0) is 13.8 Å². The smallest absolute Gasteiger partial charge is 0.300 e. The Morgan fingerprint density at radius 1 is 1.50 bits per heavy atom. The van der Waals surface area contributed by atoms with E-state index in [-0.39, 0.29) is 0 Å². The van der Waals surface area contributed by atoms with Crippen LogP contribution in [0.25, 0.3) is 0 Å². The highest BCUT2D eigenvalue weighted by Gasteiger charge is 2.24. The fourth-order valence-corrected chi connectivity index (χ4v) is 1.40. The highest BCUT2D eigenvalue weighted by atomic mass is 31.2. The lowest BCUT2D eigenvalue weighted by atomic mass is 10.6. The van der Waals surface area contributed by atoms with Gasteiger partial charge in [-0.3, -0.25) is 0 Å². The van der Waals surface area contributed by atoms with Crippen molar-refractivity contribution in [1.82, 2.24) is 10.5 Å². The van der Waals surface area contributed by atoms with Crippen LogP contribution in [0.2, 0.25) is 0 Å². The predicted octanol–water partition coefficient (Wildman–Crippen LogP) is 0.511. The average molecular weight is 198 g/mol. The van der Waals surface area contributed by atoms with Crippen molar-refractivity contribution in [3.05, 3.63) is 0 Å². The molecule has 0 aromatic carbocycles. The fraction of sp³-hybridized carbons (Fsp3) is 1.00. The van der Waals surface area contributed by atoms with Crippen molar-refractivity contribution in [3.63, 3.8) is 0 Å². The standard InChI is InChI=1S/C5H15N2O4P/c1-4-7(5-2)11-12(8,9)10-6-3/h6H,4-5H2,1-3H3,(H,8,9). The highest BCUT2D eigenvalue weighted by molar-refractivity contribution is 7.47. The van der Waals surface area contributed by atoms with Crippen LogP contribution in [0.5, 0.6) is 0 Å². The maximum absolute atomic E-state index is 10.9. The van der Waals surface area contributed by atoms with Gasteiger partial charge in [0.05, 0.1) is 0 Å². The zero-order chi connectivity index (χ0) is 9.61. The summed E-state index contributed by atoms with van der Waals surface area (Å²) >= 11 is 0. The van der Waals surface area contributed by atoms with Crippen LogP contribution in [0.15, 0.2) is 0 Å². The molecule has 0 radical (unpaired) electrons. The van der Waals surface area contributed by atoms with Gasteiger partial charge >= 0.3 is 7.82 Å². The number of phosphoric acid groups is 1. The van der Waals surface area contributed by atoms with E-state index < -0.39 is 7.82 Å². The second kappa shape index (κ2) is 5.64. The lowest BCUT2D eigenvalue weighted by Crippen LogP contribution is -2.23. The van der Waals surface area contributed by atoms with Crippen LogP contribution < -0.4 is 5.48 Å². The molecule has 1 atom stereocenters. The summed E-state index contributed by atoms with van der Waals surface area (Å²) in [6, 6.07) is 0. The molecule has 0 spiro atoms. The molecule has 74 valence electrons. The maximum atomic E-state index is 10.9. The van der Waals surface area contributed by atoms with Gasteiger partial charge in [0.25, 0.3) is 0 Å². The molecule has 0 aliphatic heterocycles. The first-order valence-electron chi connectivity index (χ1n) is 3.68. The van der Waals surface area contributed by atoms with Crippen molar-refractivity contribution < 1.29 is 18.7 Å². The first kappa shape index (κ1) is 12.0. The second-order valence-electron chi connectivity index (χ2n) is 1.96. The topological polar surface area (TPSA) is 71.0 Å². The van der Waals surface area contributed by atoms with Gasteiger partial charge in [-0.2, -0.15) is 19.8 Å². The molecule has 12 heavy (non-hydrogen) atoms. The summed E-state index contributed by atoms with van der Waals surface area (Å²) in [6.45, 7) is 4.66. The number of nitrogens with one attached hydrogen (secondary N) is 1. The van der Waals surface area contributed by atoms with E-state index in [9.17, 15) is 4.57 Å². The monoisotopic (exact) mass is 198 g/mol. The van der Waals surface area contributed by atoms with Crippen molar-refractivity contribution in [3.8, 4) is 0 Å². The van der Waals surface area contributed by atoms with Crippen molar-refractivity contribution in [2.75, 3.05) is 20.1 Å². The van der Waals surface area contributed by atoms with Gasteiger partial charge in [-0.25, -0.2) is 4.57 Å². The van der Waals surface area contributed by atoms with Gasteiger partial charge in [0.1, 0.15) is 0 Å². The minimum absolute atomic E-state index is 0.522. The summed E-state index contributed by atoms with van der Waals surface area (Å²) in [5, 5.41) is 1.33. The molecule has 7 heteroatoms. The number of hydrogen-bond donors (Lipinski definition) is 2. The molecular formula is C5H15N2O4P. The third kappa shape index (κ3) is 4.82. The van der Waals surface area contributed by atoms with Gasteiger partial charge in [0.15, 0.2) is 0 Å². The Bertz CT molecular complexity index is 162. The molecule has 0 rings (SSSR count).